The Morgan fingerprint density at radius 2 is 1.89 bits per heavy atom. The number of ether oxygens (including phenoxy) is 1. The fourth-order valence-corrected chi connectivity index (χ4v) is 3.21. The van der Waals surface area contributed by atoms with E-state index in [0.717, 1.165) is 5.56 Å². The second-order valence-electron chi connectivity index (χ2n) is 5.68. The number of rotatable bonds is 5. The first-order chi connectivity index (χ1) is 13.2. The average Bonchev–Trinajstić information content (AvgIpc) is 3.32. The highest BCUT2D eigenvalue weighted by atomic mass is 32.1. The van der Waals surface area contributed by atoms with Gasteiger partial charge in [-0.3, -0.25) is 4.79 Å². The lowest BCUT2D eigenvalue weighted by molar-refractivity contribution is 0.102. The largest absolute Gasteiger partial charge is 0.457 e. The lowest BCUT2D eigenvalue weighted by atomic mass is 10.1. The van der Waals surface area contributed by atoms with E-state index in [1.54, 1.807) is 18.2 Å². The zero-order valence-corrected chi connectivity index (χ0v) is 14.9. The maximum absolute atomic E-state index is 12.8. The Labute approximate surface area is 159 Å². The summed E-state index contributed by atoms with van der Waals surface area (Å²) in [6.07, 6.45) is 0. The highest BCUT2D eigenvalue weighted by Gasteiger charge is 2.23. The number of nitrogens with two attached hydrogens (primary N) is 1. The molecule has 2 aromatic heterocycles. The van der Waals surface area contributed by atoms with Gasteiger partial charge in [0.1, 0.15) is 22.8 Å². The summed E-state index contributed by atoms with van der Waals surface area (Å²) in [6.45, 7) is 0. The number of benzene rings is 2. The van der Waals surface area contributed by atoms with Gasteiger partial charge in [-0.1, -0.05) is 29.4 Å². The normalized spacial score (nSPS) is 10.5. The number of aromatic nitrogens is 1. The smallest absolute Gasteiger partial charge is 0.263 e. The van der Waals surface area contributed by atoms with E-state index in [0.29, 0.717) is 22.9 Å². The third-order valence-electron chi connectivity index (χ3n) is 3.81. The van der Waals surface area contributed by atoms with E-state index in [2.05, 4.69) is 10.5 Å². The molecule has 0 aliphatic rings. The van der Waals surface area contributed by atoms with Crippen LogP contribution in [0.1, 0.15) is 10.4 Å². The number of carbonyl (C=O) groups is 1. The van der Waals surface area contributed by atoms with Gasteiger partial charge in [-0.25, -0.2) is 0 Å². The summed E-state index contributed by atoms with van der Waals surface area (Å²) in [7, 11) is 0. The highest BCUT2D eigenvalue weighted by Crippen LogP contribution is 2.30. The van der Waals surface area contributed by atoms with Crippen molar-refractivity contribution in [1.29, 1.82) is 0 Å². The molecule has 4 aromatic rings. The van der Waals surface area contributed by atoms with Crippen molar-refractivity contribution in [1.82, 2.24) is 5.16 Å². The van der Waals surface area contributed by atoms with Crippen LogP contribution in [0, 0.1) is 0 Å². The van der Waals surface area contributed by atoms with E-state index in [4.69, 9.17) is 15.0 Å². The summed E-state index contributed by atoms with van der Waals surface area (Å²) in [5.41, 5.74) is 7.81. The van der Waals surface area contributed by atoms with Crippen LogP contribution < -0.4 is 15.8 Å². The van der Waals surface area contributed by atoms with Gasteiger partial charge in [-0.2, -0.15) is 11.3 Å². The molecule has 0 saturated heterocycles. The molecule has 0 saturated carbocycles. The van der Waals surface area contributed by atoms with Gasteiger partial charge < -0.3 is 20.3 Å². The number of para-hydroxylation sites is 1. The molecule has 2 heterocycles. The molecule has 6 nitrogen and oxygen atoms in total. The number of hydrogen-bond donors (Lipinski definition) is 2. The Hall–Kier alpha value is -3.58. The molecule has 134 valence electrons. The molecule has 0 aliphatic carbocycles. The molecule has 0 fully saturated rings. The number of nitrogens with one attached hydrogen (secondary N) is 1. The Kier molecular flexibility index (Phi) is 4.59. The van der Waals surface area contributed by atoms with Crippen molar-refractivity contribution in [3.8, 4) is 22.8 Å². The average molecular weight is 377 g/mol. The maximum atomic E-state index is 12.8. The second-order valence-corrected chi connectivity index (χ2v) is 6.46. The van der Waals surface area contributed by atoms with Crippen molar-refractivity contribution in [3.63, 3.8) is 0 Å². The first-order valence-corrected chi connectivity index (χ1v) is 9.07. The molecule has 0 bridgehead atoms. The number of anilines is 2. The monoisotopic (exact) mass is 377 g/mol. The predicted octanol–water partition coefficient (Wildman–Crippen LogP) is 5.03. The van der Waals surface area contributed by atoms with Gasteiger partial charge in [0.15, 0.2) is 0 Å². The van der Waals surface area contributed by atoms with Crippen LogP contribution in [0.5, 0.6) is 11.5 Å². The lowest BCUT2D eigenvalue weighted by Gasteiger charge is -2.09. The Bertz CT molecular complexity index is 1060. The summed E-state index contributed by atoms with van der Waals surface area (Å²) >= 11 is 1.50. The van der Waals surface area contributed by atoms with E-state index >= 15 is 0 Å². The number of nitrogens with zero attached hydrogens (tertiary/aromatic N) is 1. The number of thiophene rings is 1. The van der Waals surface area contributed by atoms with Gasteiger partial charge in [-0.05, 0) is 35.7 Å². The molecule has 2 aromatic carbocycles. The quantitative estimate of drug-likeness (QED) is 0.509. The van der Waals surface area contributed by atoms with Gasteiger partial charge in [-0.15, -0.1) is 0 Å². The number of hydrogen-bond acceptors (Lipinski definition) is 6. The SMILES string of the molecule is Nc1onc(-c2ccsc2)c1C(=O)Nc1cccc(Oc2ccccc2)c1. The molecular formula is C20H15N3O3S. The van der Waals surface area contributed by atoms with Crippen LogP contribution in [-0.4, -0.2) is 11.1 Å². The first-order valence-electron chi connectivity index (χ1n) is 8.13. The minimum atomic E-state index is -0.396. The molecule has 7 heteroatoms. The van der Waals surface area contributed by atoms with Crippen LogP contribution in [0.4, 0.5) is 11.6 Å². The summed E-state index contributed by atoms with van der Waals surface area (Å²) in [5.74, 6) is 0.900. The fraction of sp³-hybridized carbons (Fsp3) is 0. The van der Waals surface area contributed by atoms with Gasteiger partial charge in [0.2, 0.25) is 5.88 Å². The van der Waals surface area contributed by atoms with Gasteiger partial charge >= 0.3 is 0 Å². The Morgan fingerprint density at radius 3 is 2.67 bits per heavy atom. The fourth-order valence-electron chi connectivity index (χ4n) is 2.57. The molecule has 0 aliphatic heterocycles. The van der Waals surface area contributed by atoms with E-state index in [9.17, 15) is 4.79 Å². The highest BCUT2D eigenvalue weighted by molar-refractivity contribution is 7.08. The van der Waals surface area contributed by atoms with Crippen LogP contribution in [0.2, 0.25) is 0 Å². The summed E-state index contributed by atoms with van der Waals surface area (Å²) in [5, 5.41) is 10.5. The molecule has 1 amide bonds. The molecule has 0 unspecified atom stereocenters. The summed E-state index contributed by atoms with van der Waals surface area (Å²) in [6, 6.07) is 18.4. The van der Waals surface area contributed by atoms with Crippen LogP contribution in [0.15, 0.2) is 75.9 Å². The maximum Gasteiger partial charge on any atom is 0.263 e. The molecule has 27 heavy (non-hydrogen) atoms. The van der Waals surface area contributed by atoms with Crippen molar-refractivity contribution in [2.45, 2.75) is 0 Å². The Balaban J connectivity index is 1.56. The van der Waals surface area contributed by atoms with Crippen molar-refractivity contribution < 1.29 is 14.1 Å². The minimum absolute atomic E-state index is 0.0228. The van der Waals surface area contributed by atoms with E-state index in [1.165, 1.54) is 11.3 Å². The van der Waals surface area contributed by atoms with E-state index < -0.39 is 5.91 Å². The van der Waals surface area contributed by atoms with Crippen molar-refractivity contribution >= 4 is 28.8 Å². The molecule has 0 radical (unpaired) electrons. The van der Waals surface area contributed by atoms with Crippen LogP contribution in [0.3, 0.4) is 0 Å². The van der Waals surface area contributed by atoms with Gasteiger partial charge in [0, 0.05) is 22.7 Å². The molecule has 0 spiro atoms. The zero-order chi connectivity index (χ0) is 18.6. The van der Waals surface area contributed by atoms with Crippen molar-refractivity contribution in [3.05, 3.63) is 77.0 Å². The van der Waals surface area contributed by atoms with E-state index in [1.807, 2.05) is 53.2 Å². The van der Waals surface area contributed by atoms with E-state index in [-0.39, 0.29) is 11.4 Å². The lowest BCUT2D eigenvalue weighted by Crippen LogP contribution is -2.14. The number of carbonyl (C=O) groups excluding carboxylic acids is 1. The predicted molar refractivity (Wildman–Crippen MR) is 105 cm³/mol. The third kappa shape index (κ3) is 3.68. The third-order valence-corrected chi connectivity index (χ3v) is 4.49. The summed E-state index contributed by atoms with van der Waals surface area (Å²) in [4.78, 5) is 12.8. The standard InChI is InChI=1S/C20H15N3O3S/c21-19-17(18(23-26-19)13-9-10-27-12-13)20(24)22-14-5-4-8-16(11-14)25-15-6-2-1-3-7-15/h1-12H,21H2,(H,22,24). The number of amides is 1. The van der Waals surface area contributed by atoms with Crippen LogP contribution in [-0.2, 0) is 0 Å². The zero-order valence-electron chi connectivity index (χ0n) is 14.1. The first kappa shape index (κ1) is 16.9. The Morgan fingerprint density at radius 1 is 1.07 bits per heavy atom. The van der Waals surface area contributed by atoms with Crippen LogP contribution in [0.25, 0.3) is 11.3 Å². The molecule has 3 N–H and O–H groups in total. The van der Waals surface area contributed by atoms with Crippen LogP contribution >= 0.6 is 11.3 Å². The van der Waals surface area contributed by atoms with Gasteiger partial charge in [0.25, 0.3) is 5.91 Å². The molecular weight excluding hydrogens is 362 g/mol. The van der Waals surface area contributed by atoms with Gasteiger partial charge in [0.05, 0.1) is 0 Å². The second kappa shape index (κ2) is 7.35. The van der Waals surface area contributed by atoms with Crippen molar-refractivity contribution in [2.24, 2.45) is 0 Å². The molecule has 4 rings (SSSR count). The number of nitrogen functional groups attached to an aromatic ring is 1. The molecule has 0 atom stereocenters. The van der Waals surface area contributed by atoms with Crippen molar-refractivity contribution in [2.75, 3.05) is 11.1 Å². The minimum Gasteiger partial charge on any atom is -0.457 e. The summed E-state index contributed by atoms with van der Waals surface area (Å²) < 4.78 is 10.8. The topological polar surface area (TPSA) is 90.4 Å².